The van der Waals surface area contributed by atoms with E-state index in [0.29, 0.717) is 12.2 Å². The largest absolute Gasteiger partial charge is 0.353 e. The molecule has 0 aromatic heterocycles. The summed E-state index contributed by atoms with van der Waals surface area (Å²) < 4.78 is 0. The van der Waals surface area contributed by atoms with Gasteiger partial charge in [-0.3, -0.25) is 9.59 Å². The number of carbonyl (C=O) groups is 2. The second-order valence-corrected chi connectivity index (χ2v) is 4.45. The highest BCUT2D eigenvalue weighted by atomic mass is 16.1. The molecule has 1 saturated heterocycles. The Kier molecular flexibility index (Phi) is 2.85. The standard InChI is InChI=1S/C11H17NO2/c13-10-5-1-3-8(10)7-9-4-2-6-11(14)12-9/h8-9H,1-7H2,(H,12,14). The Labute approximate surface area is 84.2 Å². The number of piperidine rings is 1. The second-order valence-electron chi connectivity index (χ2n) is 4.45. The molecular formula is C11H17NO2. The van der Waals surface area contributed by atoms with Crippen molar-refractivity contribution < 1.29 is 9.59 Å². The summed E-state index contributed by atoms with van der Waals surface area (Å²) in [5, 5.41) is 2.97. The van der Waals surface area contributed by atoms with E-state index in [0.717, 1.165) is 38.5 Å². The molecule has 14 heavy (non-hydrogen) atoms. The Bertz CT molecular complexity index is 250. The minimum atomic E-state index is 0.159. The van der Waals surface area contributed by atoms with Gasteiger partial charge in [0.15, 0.2) is 0 Å². The molecule has 78 valence electrons. The van der Waals surface area contributed by atoms with Crippen LogP contribution in [-0.2, 0) is 9.59 Å². The van der Waals surface area contributed by atoms with Gasteiger partial charge in [0.05, 0.1) is 0 Å². The van der Waals surface area contributed by atoms with Crippen molar-refractivity contribution in [3.05, 3.63) is 0 Å². The van der Waals surface area contributed by atoms with E-state index in [1.54, 1.807) is 0 Å². The molecule has 2 fully saturated rings. The Morgan fingerprint density at radius 2 is 1.93 bits per heavy atom. The van der Waals surface area contributed by atoms with E-state index >= 15 is 0 Å². The summed E-state index contributed by atoms with van der Waals surface area (Å²) in [4.78, 5) is 22.5. The van der Waals surface area contributed by atoms with E-state index in [1.165, 1.54) is 0 Å². The van der Waals surface area contributed by atoms with Crippen molar-refractivity contribution in [2.75, 3.05) is 0 Å². The van der Waals surface area contributed by atoms with Crippen molar-refractivity contribution in [2.24, 2.45) is 5.92 Å². The number of ketones is 1. The third-order valence-electron chi connectivity index (χ3n) is 3.32. The topological polar surface area (TPSA) is 46.2 Å². The number of carbonyl (C=O) groups excluding carboxylic acids is 2. The average Bonchev–Trinajstić information content (AvgIpc) is 2.52. The van der Waals surface area contributed by atoms with Crippen LogP contribution in [0.1, 0.15) is 44.9 Å². The van der Waals surface area contributed by atoms with Gasteiger partial charge in [0.1, 0.15) is 5.78 Å². The molecule has 1 aliphatic carbocycles. The minimum Gasteiger partial charge on any atom is -0.353 e. The molecule has 3 nitrogen and oxygen atoms in total. The second kappa shape index (κ2) is 4.11. The summed E-state index contributed by atoms with van der Waals surface area (Å²) in [5.41, 5.74) is 0. The van der Waals surface area contributed by atoms with Crippen LogP contribution in [0.4, 0.5) is 0 Å². The SMILES string of the molecule is O=C1CCCC(CC2CCCC2=O)N1. The number of rotatable bonds is 2. The van der Waals surface area contributed by atoms with E-state index < -0.39 is 0 Å². The van der Waals surface area contributed by atoms with Gasteiger partial charge in [-0.2, -0.15) is 0 Å². The molecule has 1 saturated carbocycles. The molecule has 0 radical (unpaired) electrons. The van der Waals surface area contributed by atoms with Crippen LogP contribution in [0.25, 0.3) is 0 Å². The first-order chi connectivity index (χ1) is 6.75. The lowest BCUT2D eigenvalue weighted by Gasteiger charge is -2.25. The number of hydrogen-bond acceptors (Lipinski definition) is 2. The zero-order chi connectivity index (χ0) is 9.97. The van der Waals surface area contributed by atoms with Crippen molar-refractivity contribution >= 4 is 11.7 Å². The molecule has 0 bridgehead atoms. The van der Waals surface area contributed by atoms with Crippen molar-refractivity contribution in [1.82, 2.24) is 5.32 Å². The quantitative estimate of drug-likeness (QED) is 0.724. The predicted molar refractivity (Wildman–Crippen MR) is 52.7 cm³/mol. The van der Waals surface area contributed by atoms with Gasteiger partial charge < -0.3 is 5.32 Å². The smallest absolute Gasteiger partial charge is 0.220 e. The van der Waals surface area contributed by atoms with Crippen molar-refractivity contribution in [1.29, 1.82) is 0 Å². The summed E-state index contributed by atoms with van der Waals surface area (Å²) in [5.74, 6) is 0.801. The lowest BCUT2D eigenvalue weighted by Crippen LogP contribution is -2.40. The van der Waals surface area contributed by atoms with Gasteiger partial charge in [0.25, 0.3) is 0 Å². The van der Waals surface area contributed by atoms with E-state index in [-0.39, 0.29) is 17.9 Å². The molecule has 2 unspecified atom stereocenters. The van der Waals surface area contributed by atoms with Crippen LogP contribution in [-0.4, -0.2) is 17.7 Å². The summed E-state index contributed by atoms with van der Waals surface area (Å²) in [6.45, 7) is 0. The summed E-state index contributed by atoms with van der Waals surface area (Å²) in [6.07, 6.45) is 6.41. The van der Waals surface area contributed by atoms with Gasteiger partial charge in [-0.1, -0.05) is 0 Å². The van der Waals surface area contributed by atoms with Crippen LogP contribution in [0.5, 0.6) is 0 Å². The van der Waals surface area contributed by atoms with Crippen LogP contribution in [0.15, 0.2) is 0 Å². The van der Waals surface area contributed by atoms with Gasteiger partial charge in [-0.05, 0) is 32.1 Å². The Balaban J connectivity index is 1.84. The molecule has 3 heteroatoms. The first kappa shape index (κ1) is 9.69. The van der Waals surface area contributed by atoms with Gasteiger partial charge in [-0.15, -0.1) is 0 Å². The van der Waals surface area contributed by atoms with Gasteiger partial charge in [-0.25, -0.2) is 0 Å². The molecule has 1 heterocycles. The van der Waals surface area contributed by atoms with Crippen LogP contribution >= 0.6 is 0 Å². The highest BCUT2D eigenvalue weighted by Crippen LogP contribution is 2.27. The van der Waals surface area contributed by atoms with Gasteiger partial charge in [0.2, 0.25) is 5.91 Å². The first-order valence-corrected chi connectivity index (χ1v) is 5.58. The number of Topliss-reactive ketones (excluding diaryl/α,β-unsaturated/α-hetero) is 1. The van der Waals surface area contributed by atoms with E-state index in [2.05, 4.69) is 5.32 Å². The molecule has 0 spiro atoms. The third-order valence-corrected chi connectivity index (χ3v) is 3.32. The minimum absolute atomic E-state index is 0.159. The van der Waals surface area contributed by atoms with E-state index in [9.17, 15) is 9.59 Å². The molecule has 2 rings (SSSR count). The zero-order valence-electron chi connectivity index (χ0n) is 8.42. The Morgan fingerprint density at radius 3 is 2.57 bits per heavy atom. The molecular weight excluding hydrogens is 178 g/mol. The average molecular weight is 195 g/mol. The third kappa shape index (κ3) is 2.14. The van der Waals surface area contributed by atoms with Crippen molar-refractivity contribution in [3.8, 4) is 0 Å². The maximum Gasteiger partial charge on any atom is 0.220 e. The normalized spacial score (nSPS) is 33.1. The van der Waals surface area contributed by atoms with Crippen LogP contribution in [0.3, 0.4) is 0 Å². The summed E-state index contributed by atoms with van der Waals surface area (Å²) >= 11 is 0. The molecule has 0 aromatic rings. The number of amides is 1. The van der Waals surface area contributed by atoms with Crippen LogP contribution < -0.4 is 5.32 Å². The molecule has 2 aliphatic rings. The highest BCUT2D eigenvalue weighted by Gasteiger charge is 2.28. The highest BCUT2D eigenvalue weighted by molar-refractivity contribution is 5.83. The lowest BCUT2D eigenvalue weighted by atomic mass is 9.92. The molecule has 0 aromatic carbocycles. The molecule has 1 amide bonds. The first-order valence-electron chi connectivity index (χ1n) is 5.58. The van der Waals surface area contributed by atoms with Crippen LogP contribution in [0, 0.1) is 5.92 Å². The van der Waals surface area contributed by atoms with Gasteiger partial charge >= 0.3 is 0 Å². The maximum atomic E-state index is 11.4. The van der Waals surface area contributed by atoms with E-state index in [4.69, 9.17) is 0 Å². The monoisotopic (exact) mass is 195 g/mol. The number of nitrogens with one attached hydrogen (secondary N) is 1. The number of hydrogen-bond donors (Lipinski definition) is 1. The molecule has 1 aliphatic heterocycles. The summed E-state index contributed by atoms with van der Waals surface area (Å²) in [6, 6.07) is 0.267. The van der Waals surface area contributed by atoms with Crippen LogP contribution in [0.2, 0.25) is 0 Å². The fourth-order valence-corrected chi connectivity index (χ4v) is 2.54. The fraction of sp³-hybridized carbons (Fsp3) is 0.818. The Morgan fingerprint density at radius 1 is 1.14 bits per heavy atom. The zero-order valence-corrected chi connectivity index (χ0v) is 8.42. The van der Waals surface area contributed by atoms with Crippen molar-refractivity contribution in [3.63, 3.8) is 0 Å². The predicted octanol–water partition coefficient (Wildman–Crippen LogP) is 1.41. The maximum absolute atomic E-state index is 11.4. The van der Waals surface area contributed by atoms with E-state index in [1.807, 2.05) is 0 Å². The van der Waals surface area contributed by atoms with Gasteiger partial charge in [0, 0.05) is 24.8 Å². The summed E-state index contributed by atoms with van der Waals surface area (Å²) in [7, 11) is 0. The molecule has 2 atom stereocenters. The Hall–Kier alpha value is -0.860. The lowest BCUT2D eigenvalue weighted by molar-refractivity contribution is -0.125. The molecule has 1 N–H and O–H groups in total. The van der Waals surface area contributed by atoms with Crippen molar-refractivity contribution in [2.45, 2.75) is 51.0 Å². The fourth-order valence-electron chi connectivity index (χ4n) is 2.54.